The topological polar surface area (TPSA) is 31.4 Å². The smallest absolute Gasteiger partial charge is 0.158 e. The van der Waals surface area contributed by atoms with Crippen LogP contribution < -0.4 is 0 Å². The van der Waals surface area contributed by atoms with Gasteiger partial charge in [-0.15, -0.1) is 0 Å². The fraction of sp³-hybridized carbons (Fsp3) is 0.545. The number of aromatic nitrogens is 1. The van der Waals surface area contributed by atoms with Crippen molar-refractivity contribution in [2.45, 2.75) is 32.2 Å². The first kappa shape index (κ1) is 10.9. The molecule has 3 nitrogen and oxygen atoms in total. The van der Waals surface area contributed by atoms with E-state index < -0.39 is 0 Å². The average Bonchev–Trinajstić information content (AvgIpc) is 2.28. The van der Waals surface area contributed by atoms with Crippen LogP contribution in [0.25, 0.3) is 0 Å². The lowest BCUT2D eigenvalue weighted by molar-refractivity contribution is -0.168. The lowest BCUT2D eigenvalue weighted by Crippen LogP contribution is -2.21. The minimum Gasteiger partial charge on any atom is -0.353 e. The van der Waals surface area contributed by atoms with Gasteiger partial charge in [0.1, 0.15) is 5.15 Å². The third-order valence-corrected chi connectivity index (χ3v) is 2.57. The second kappa shape index (κ2) is 5.45. The zero-order chi connectivity index (χ0) is 10.5. The Morgan fingerprint density at radius 3 is 3.20 bits per heavy atom. The Bertz CT molecular complexity index is 313. The van der Waals surface area contributed by atoms with Crippen molar-refractivity contribution >= 4 is 11.6 Å². The molecule has 2 heterocycles. The van der Waals surface area contributed by atoms with E-state index >= 15 is 0 Å². The highest BCUT2D eigenvalue weighted by Crippen LogP contribution is 2.16. The van der Waals surface area contributed by atoms with E-state index in [1.165, 1.54) is 6.42 Å². The van der Waals surface area contributed by atoms with E-state index in [4.69, 9.17) is 21.1 Å². The summed E-state index contributed by atoms with van der Waals surface area (Å²) in [7, 11) is 0. The van der Waals surface area contributed by atoms with Crippen LogP contribution in [0.4, 0.5) is 0 Å². The standard InChI is InChI=1S/C11H14ClNO2/c12-10-7-9(4-5-13-10)8-15-11-3-1-2-6-14-11/h4-5,7,11H,1-3,6,8H2. The van der Waals surface area contributed by atoms with Crippen molar-refractivity contribution < 1.29 is 9.47 Å². The minimum absolute atomic E-state index is 0.0503. The van der Waals surface area contributed by atoms with E-state index in [2.05, 4.69) is 4.98 Å². The summed E-state index contributed by atoms with van der Waals surface area (Å²) in [6, 6.07) is 3.71. The number of hydrogen-bond acceptors (Lipinski definition) is 3. The van der Waals surface area contributed by atoms with Crippen molar-refractivity contribution in [2.24, 2.45) is 0 Å². The van der Waals surface area contributed by atoms with E-state index in [1.807, 2.05) is 12.1 Å². The molecular formula is C11H14ClNO2. The summed E-state index contributed by atoms with van der Waals surface area (Å²) in [5, 5.41) is 0.501. The van der Waals surface area contributed by atoms with Gasteiger partial charge >= 0.3 is 0 Å². The quantitative estimate of drug-likeness (QED) is 0.745. The lowest BCUT2D eigenvalue weighted by Gasteiger charge is -2.22. The summed E-state index contributed by atoms with van der Waals surface area (Å²) in [5.41, 5.74) is 1.03. The second-order valence-corrected chi connectivity index (χ2v) is 3.98. The van der Waals surface area contributed by atoms with Gasteiger partial charge in [-0.2, -0.15) is 0 Å². The second-order valence-electron chi connectivity index (χ2n) is 3.59. The van der Waals surface area contributed by atoms with Gasteiger partial charge in [-0.05, 0) is 37.0 Å². The van der Waals surface area contributed by atoms with Gasteiger partial charge in [-0.3, -0.25) is 0 Å². The average molecular weight is 228 g/mol. The molecule has 1 aromatic rings. The normalized spacial score (nSPS) is 21.5. The van der Waals surface area contributed by atoms with Gasteiger partial charge in [0.25, 0.3) is 0 Å². The zero-order valence-electron chi connectivity index (χ0n) is 8.49. The van der Waals surface area contributed by atoms with Crippen LogP contribution in [0.3, 0.4) is 0 Å². The van der Waals surface area contributed by atoms with Gasteiger partial charge in [-0.25, -0.2) is 4.98 Å². The summed E-state index contributed by atoms with van der Waals surface area (Å²) in [4.78, 5) is 3.91. The highest BCUT2D eigenvalue weighted by molar-refractivity contribution is 6.29. The molecule has 1 saturated heterocycles. The molecule has 0 radical (unpaired) electrons. The number of hydrogen-bond donors (Lipinski definition) is 0. The molecule has 82 valence electrons. The Morgan fingerprint density at radius 1 is 1.53 bits per heavy atom. The molecule has 0 N–H and O–H groups in total. The maximum absolute atomic E-state index is 5.77. The van der Waals surface area contributed by atoms with Crippen LogP contribution in [-0.2, 0) is 16.1 Å². The van der Waals surface area contributed by atoms with E-state index in [-0.39, 0.29) is 6.29 Å². The number of ether oxygens (including phenoxy) is 2. The van der Waals surface area contributed by atoms with Gasteiger partial charge in [0.15, 0.2) is 6.29 Å². The molecule has 1 unspecified atom stereocenters. The van der Waals surface area contributed by atoms with Crippen LogP contribution in [0.15, 0.2) is 18.3 Å². The fourth-order valence-electron chi connectivity index (χ4n) is 1.56. The monoisotopic (exact) mass is 227 g/mol. The molecule has 15 heavy (non-hydrogen) atoms. The SMILES string of the molecule is Clc1cc(COC2CCCCO2)ccn1. The van der Waals surface area contributed by atoms with Gasteiger partial charge in [0.2, 0.25) is 0 Å². The number of halogens is 1. The Hall–Kier alpha value is -0.640. The molecular weight excluding hydrogens is 214 g/mol. The Balaban J connectivity index is 1.81. The van der Waals surface area contributed by atoms with Crippen LogP contribution in [0.1, 0.15) is 24.8 Å². The van der Waals surface area contributed by atoms with Gasteiger partial charge in [0.05, 0.1) is 6.61 Å². The van der Waals surface area contributed by atoms with E-state index in [1.54, 1.807) is 6.20 Å². The largest absolute Gasteiger partial charge is 0.353 e. The van der Waals surface area contributed by atoms with Crippen molar-refractivity contribution in [3.05, 3.63) is 29.0 Å². The number of rotatable bonds is 3. The molecule has 1 atom stereocenters. The molecule has 1 fully saturated rings. The van der Waals surface area contributed by atoms with Gasteiger partial charge < -0.3 is 9.47 Å². The van der Waals surface area contributed by atoms with E-state index in [0.29, 0.717) is 11.8 Å². The fourth-order valence-corrected chi connectivity index (χ4v) is 1.76. The molecule has 2 rings (SSSR count). The van der Waals surface area contributed by atoms with Crippen LogP contribution in [0.2, 0.25) is 5.15 Å². The summed E-state index contributed by atoms with van der Waals surface area (Å²) >= 11 is 5.77. The van der Waals surface area contributed by atoms with Crippen molar-refractivity contribution in [1.29, 1.82) is 0 Å². The first-order valence-electron chi connectivity index (χ1n) is 5.18. The molecule has 0 aliphatic carbocycles. The van der Waals surface area contributed by atoms with Gasteiger partial charge in [-0.1, -0.05) is 11.6 Å². The van der Waals surface area contributed by atoms with Crippen molar-refractivity contribution in [1.82, 2.24) is 4.98 Å². The first-order chi connectivity index (χ1) is 7.34. The van der Waals surface area contributed by atoms with Crippen molar-refractivity contribution in [2.75, 3.05) is 6.61 Å². The van der Waals surface area contributed by atoms with Crippen molar-refractivity contribution in [3.8, 4) is 0 Å². The van der Waals surface area contributed by atoms with Crippen LogP contribution in [0.5, 0.6) is 0 Å². The highest BCUT2D eigenvalue weighted by Gasteiger charge is 2.13. The highest BCUT2D eigenvalue weighted by atomic mass is 35.5. The van der Waals surface area contributed by atoms with Crippen molar-refractivity contribution in [3.63, 3.8) is 0 Å². The molecule has 0 saturated carbocycles. The van der Waals surface area contributed by atoms with Crippen LogP contribution in [-0.4, -0.2) is 17.9 Å². The molecule has 0 bridgehead atoms. The molecule has 0 aromatic carbocycles. The maximum atomic E-state index is 5.77. The minimum atomic E-state index is -0.0503. The molecule has 0 spiro atoms. The third-order valence-electron chi connectivity index (χ3n) is 2.36. The first-order valence-corrected chi connectivity index (χ1v) is 5.56. The lowest BCUT2D eigenvalue weighted by atomic mass is 10.2. The summed E-state index contributed by atoms with van der Waals surface area (Å²) in [5.74, 6) is 0. The Labute approximate surface area is 94.4 Å². The third kappa shape index (κ3) is 3.45. The number of pyridine rings is 1. The van der Waals surface area contributed by atoms with Crippen LogP contribution >= 0.6 is 11.6 Å². The van der Waals surface area contributed by atoms with E-state index in [9.17, 15) is 0 Å². The van der Waals surface area contributed by atoms with Gasteiger partial charge in [0, 0.05) is 12.8 Å². The Kier molecular flexibility index (Phi) is 3.94. The zero-order valence-corrected chi connectivity index (χ0v) is 9.24. The molecule has 4 heteroatoms. The molecule has 1 aliphatic heterocycles. The predicted molar refractivity (Wildman–Crippen MR) is 57.6 cm³/mol. The summed E-state index contributed by atoms with van der Waals surface area (Å²) in [6.45, 7) is 1.34. The van der Waals surface area contributed by atoms with Crippen LogP contribution in [0, 0.1) is 0 Å². The molecule has 1 aromatic heterocycles. The predicted octanol–water partition coefficient (Wildman–Crippen LogP) is 2.78. The molecule has 0 amide bonds. The molecule has 1 aliphatic rings. The maximum Gasteiger partial charge on any atom is 0.158 e. The van der Waals surface area contributed by atoms with E-state index in [0.717, 1.165) is 25.0 Å². The Morgan fingerprint density at radius 2 is 2.47 bits per heavy atom. The summed E-state index contributed by atoms with van der Waals surface area (Å²) in [6.07, 6.45) is 4.94. The number of nitrogens with zero attached hydrogens (tertiary/aromatic N) is 1. The summed E-state index contributed by atoms with van der Waals surface area (Å²) < 4.78 is 11.1.